The topological polar surface area (TPSA) is 51.5 Å². The summed E-state index contributed by atoms with van der Waals surface area (Å²) in [6.07, 6.45) is 7.37. The van der Waals surface area contributed by atoms with Crippen LogP contribution in [0.4, 0.5) is 5.95 Å². The minimum Gasteiger partial charge on any atom is -0.376 e. The van der Waals surface area contributed by atoms with E-state index < -0.39 is 0 Å². The van der Waals surface area contributed by atoms with Gasteiger partial charge in [0.1, 0.15) is 0 Å². The predicted molar refractivity (Wildman–Crippen MR) is 77.4 cm³/mol. The molecular formula is C13H17BrN4O. The number of anilines is 1. The Morgan fingerprint density at radius 1 is 1.42 bits per heavy atom. The van der Waals surface area contributed by atoms with Crippen LogP contribution in [0.25, 0.3) is 5.65 Å². The maximum Gasteiger partial charge on any atom is 0.243 e. The highest BCUT2D eigenvalue weighted by Gasteiger charge is 2.14. The van der Waals surface area contributed by atoms with Crippen LogP contribution in [0, 0.1) is 0 Å². The van der Waals surface area contributed by atoms with E-state index in [4.69, 9.17) is 4.74 Å². The van der Waals surface area contributed by atoms with E-state index in [1.54, 1.807) is 4.52 Å². The van der Waals surface area contributed by atoms with Crippen LogP contribution in [0.2, 0.25) is 0 Å². The Hall–Kier alpha value is -1.14. The van der Waals surface area contributed by atoms with Gasteiger partial charge in [0, 0.05) is 12.7 Å². The first-order valence-corrected chi connectivity index (χ1v) is 7.48. The molecule has 3 rings (SSSR count). The largest absolute Gasteiger partial charge is 0.376 e. The number of halogens is 1. The van der Waals surface area contributed by atoms with E-state index in [0.29, 0.717) is 18.7 Å². The average Bonchev–Trinajstić information content (AvgIpc) is 3.04. The van der Waals surface area contributed by atoms with Crippen molar-refractivity contribution in [1.82, 2.24) is 14.6 Å². The average molecular weight is 325 g/mol. The van der Waals surface area contributed by atoms with Crippen molar-refractivity contribution >= 4 is 27.5 Å². The summed E-state index contributed by atoms with van der Waals surface area (Å²) in [4.78, 5) is 4.42. The van der Waals surface area contributed by atoms with Gasteiger partial charge in [-0.2, -0.15) is 4.98 Å². The second-order valence-electron chi connectivity index (χ2n) is 4.76. The van der Waals surface area contributed by atoms with Gasteiger partial charge in [-0.15, -0.1) is 5.10 Å². The van der Waals surface area contributed by atoms with Crippen molar-refractivity contribution in [3.63, 3.8) is 0 Å². The van der Waals surface area contributed by atoms with Gasteiger partial charge in [-0.1, -0.05) is 12.8 Å². The van der Waals surface area contributed by atoms with Crippen LogP contribution in [0.5, 0.6) is 0 Å². The molecule has 0 saturated heterocycles. The fourth-order valence-electron chi connectivity index (χ4n) is 2.39. The van der Waals surface area contributed by atoms with Crippen molar-refractivity contribution in [3.8, 4) is 0 Å². The number of aromatic nitrogens is 3. The first kappa shape index (κ1) is 12.9. The van der Waals surface area contributed by atoms with Crippen molar-refractivity contribution in [1.29, 1.82) is 0 Å². The molecule has 19 heavy (non-hydrogen) atoms. The zero-order chi connectivity index (χ0) is 13.1. The fourth-order valence-corrected chi connectivity index (χ4v) is 2.81. The highest BCUT2D eigenvalue weighted by Crippen LogP contribution is 2.20. The molecule has 2 aromatic rings. The number of rotatable bonds is 5. The Morgan fingerprint density at radius 3 is 3.05 bits per heavy atom. The Balaban J connectivity index is 1.52. The zero-order valence-corrected chi connectivity index (χ0v) is 12.3. The van der Waals surface area contributed by atoms with Crippen molar-refractivity contribution in [2.45, 2.75) is 31.8 Å². The van der Waals surface area contributed by atoms with E-state index in [9.17, 15) is 0 Å². The van der Waals surface area contributed by atoms with E-state index in [-0.39, 0.29) is 0 Å². The molecule has 102 valence electrons. The molecular weight excluding hydrogens is 308 g/mol. The Kier molecular flexibility index (Phi) is 3.98. The Morgan fingerprint density at radius 2 is 2.26 bits per heavy atom. The van der Waals surface area contributed by atoms with Crippen LogP contribution >= 0.6 is 15.9 Å². The maximum atomic E-state index is 5.79. The number of nitrogens with one attached hydrogen (secondary N) is 1. The van der Waals surface area contributed by atoms with Gasteiger partial charge < -0.3 is 10.1 Å². The Bertz CT molecular complexity index is 551. The predicted octanol–water partition coefficient (Wildman–Crippen LogP) is 2.86. The van der Waals surface area contributed by atoms with Crippen LogP contribution in [0.3, 0.4) is 0 Å². The first-order chi connectivity index (χ1) is 9.33. The smallest absolute Gasteiger partial charge is 0.243 e. The number of nitrogens with zero attached hydrogens (tertiary/aromatic N) is 3. The van der Waals surface area contributed by atoms with Gasteiger partial charge in [-0.3, -0.25) is 0 Å². The molecule has 0 radical (unpaired) electrons. The SMILES string of the molecule is Brc1cccn2nc(NCCOC3CCCC3)nc12. The standard InChI is InChI=1S/C13H17BrN4O/c14-11-6-3-8-18-12(11)16-13(17-18)15-7-9-19-10-4-1-2-5-10/h3,6,8,10H,1-2,4-5,7,9H2,(H,15,17). The van der Waals surface area contributed by atoms with Gasteiger partial charge >= 0.3 is 0 Å². The van der Waals surface area contributed by atoms with Crippen LogP contribution < -0.4 is 5.32 Å². The van der Waals surface area contributed by atoms with Gasteiger partial charge in [0.25, 0.3) is 0 Å². The zero-order valence-electron chi connectivity index (χ0n) is 10.7. The fraction of sp³-hybridized carbons (Fsp3) is 0.538. The van der Waals surface area contributed by atoms with Crippen LogP contribution in [0.1, 0.15) is 25.7 Å². The molecule has 5 nitrogen and oxygen atoms in total. The number of hydrogen-bond acceptors (Lipinski definition) is 4. The lowest BCUT2D eigenvalue weighted by Crippen LogP contribution is -2.15. The quantitative estimate of drug-likeness (QED) is 0.859. The molecule has 0 bridgehead atoms. The van der Waals surface area contributed by atoms with E-state index >= 15 is 0 Å². The van der Waals surface area contributed by atoms with Gasteiger partial charge in [0.2, 0.25) is 5.95 Å². The van der Waals surface area contributed by atoms with Crippen molar-refractivity contribution < 1.29 is 4.74 Å². The Labute approximate surface area is 120 Å². The highest BCUT2D eigenvalue weighted by atomic mass is 79.9. The summed E-state index contributed by atoms with van der Waals surface area (Å²) >= 11 is 3.46. The lowest BCUT2D eigenvalue weighted by Gasteiger charge is -2.10. The molecule has 6 heteroatoms. The van der Waals surface area contributed by atoms with Crippen molar-refractivity contribution in [2.75, 3.05) is 18.5 Å². The summed E-state index contributed by atoms with van der Waals surface area (Å²) in [6.45, 7) is 1.45. The summed E-state index contributed by atoms with van der Waals surface area (Å²) in [5.41, 5.74) is 0.821. The molecule has 1 aliphatic carbocycles. The normalized spacial score (nSPS) is 16.3. The third-order valence-corrected chi connectivity index (χ3v) is 3.97. The second-order valence-corrected chi connectivity index (χ2v) is 5.62. The number of hydrogen-bond donors (Lipinski definition) is 1. The highest BCUT2D eigenvalue weighted by molar-refractivity contribution is 9.10. The molecule has 1 fully saturated rings. The molecule has 1 N–H and O–H groups in total. The van der Waals surface area contributed by atoms with E-state index in [0.717, 1.165) is 16.7 Å². The number of ether oxygens (including phenoxy) is 1. The number of pyridine rings is 1. The molecule has 0 aromatic carbocycles. The summed E-state index contributed by atoms with van der Waals surface area (Å²) in [5, 5.41) is 7.55. The summed E-state index contributed by atoms with van der Waals surface area (Å²) < 4.78 is 8.48. The number of fused-ring (bicyclic) bond motifs is 1. The molecule has 0 spiro atoms. The summed E-state index contributed by atoms with van der Waals surface area (Å²) in [6, 6.07) is 3.88. The molecule has 0 amide bonds. The second kappa shape index (κ2) is 5.88. The summed E-state index contributed by atoms with van der Waals surface area (Å²) in [7, 11) is 0. The first-order valence-electron chi connectivity index (χ1n) is 6.69. The minimum absolute atomic E-state index is 0.463. The van der Waals surface area contributed by atoms with Crippen molar-refractivity contribution in [2.24, 2.45) is 0 Å². The van der Waals surface area contributed by atoms with Gasteiger partial charge in [-0.25, -0.2) is 4.52 Å². The monoisotopic (exact) mass is 324 g/mol. The van der Waals surface area contributed by atoms with E-state index in [1.165, 1.54) is 25.7 Å². The van der Waals surface area contributed by atoms with Crippen LogP contribution in [-0.4, -0.2) is 33.9 Å². The molecule has 1 saturated carbocycles. The van der Waals surface area contributed by atoms with Gasteiger partial charge in [0.15, 0.2) is 5.65 Å². The lowest BCUT2D eigenvalue weighted by molar-refractivity contribution is 0.0658. The molecule has 0 atom stereocenters. The van der Waals surface area contributed by atoms with Crippen LogP contribution in [-0.2, 0) is 4.74 Å². The molecule has 0 unspecified atom stereocenters. The molecule has 2 aromatic heterocycles. The van der Waals surface area contributed by atoms with Crippen molar-refractivity contribution in [3.05, 3.63) is 22.8 Å². The molecule has 1 aliphatic rings. The van der Waals surface area contributed by atoms with E-state index in [1.807, 2.05) is 18.3 Å². The minimum atomic E-state index is 0.463. The molecule has 2 heterocycles. The molecule has 0 aliphatic heterocycles. The lowest BCUT2D eigenvalue weighted by atomic mass is 10.3. The van der Waals surface area contributed by atoms with E-state index in [2.05, 4.69) is 31.3 Å². The van der Waals surface area contributed by atoms with Gasteiger partial charge in [0.05, 0.1) is 17.2 Å². The van der Waals surface area contributed by atoms with Gasteiger partial charge in [-0.05, 0) is 40.9 Å². The third kappa shape index (κ3) is 3.06. The third-order valence-electron chi connectivity index (χ3n) is 3.36. The summed E-state index contributed by atoms with van der Waals surface area (Å²) in [5.74, 6) is 0.641. The maximum absolute atomic E-state index is 5.79. The van der Waals surface area contributed by atoms with Crippen LogP contribution in [0.15, 0.2) is 22.8 Å².